The third-order valence-electron chi connectivity index (χ3n) is 1.72. The van der Waals surface area contributed by atoms with Crippen LogP contribution in [-0.4, -0.2) is 29.5 Å². The third kappa shape index (κ3) is 1.05. The summed E-state index contributed by atoms with van der Waals surface area (Å²) in [5.41, 5.74) is 10.5. The normalized spacial score (nSPS) is 52.0. The van der Waals surface area contributed by atoms with Crippen molar-refractivity contribution in [3.8, 4) is 0 Å². The molecule has 0 saturated heterocycles. The molecule has 0 amide bonds. The highest BCUT2D eigenvalue weighted by Gasteiger charge is 2.38. The molecule has 1 aliphatic carbocycles. The molecule has 0 radical (unpaired) electrons. The Morgan fingerprint density at radius 1 is 1.33 bits per heavy atom. The van der Waals surface area contributed by atoms with Crippen molar-refractivity contribution in [1.82, 2.24) is 0 Å². The van der Waals surface area contributed by atoms with Gasteiger partial charge >= 0.3 is 0 Å². The number of hydrogen-bond donors (Lipinski definition) is 3. The van der Waals surface area contributed by atoms with Crippen molar-refractivity contribution < 1.29 is 9.50 Å². The molecule has 0 aromatic heterocycles. The summed E-state index contributed by atoms with van der Waals surface area (Å²) >= 11 is 0. The van der Waals surface area contributed by atoms with Crippen LogP contribution in [0.25, 0.3) is 0 Å². The molecule has 54 valence electrons. The van der Waals surface area contributed by atoms with E-state index < -0.39 is 24.4 Å². The Kier molecular flexibility index (Phi) is 1.70. The van der Waals surface area contributed by atoms with Crippen molar-refractivity contribution in [2.75, 3.05) is 0 Å². The highest BCUT2D eigenvalue weighted by Crippen LogP contribution is 2.19. The van der Waals surface area contributed by atoms with Crippen molar-refractivity contribution in [1.29, 1.82) is 0 Å². The first-order valence-electron chi connectivity index (χ1n) is 2.96. The minimum atomic E-state index is -1.33. The molecule has 1 saturated carbocycles. The van der Waals surface area contributed by atoms with E-state index in [1.165, 1.54) is 0 Å². The highest BCUT2D eigenvalue weighted by atomic mass is 19.1. The molecule has 4 heteroatoms. The highest BCUT2D eigenvalue weighted by molar-refractivity contribution is 4.96. The second-order valence-corrected chi connectivity index (χ2v) is 2.50. The summed E-state index contributed by atoms with van der Waals surface area (Å²) in [5.74, 6) is 0. The van der Waals surface area contributed by atoms with E-state index in [1.807, 2.05) is 0 Å². The minimum absolute atomic E-state index is 0.377. The van der Waals surface area contributed by atoms with E-state index in [9.17, 15) is 4.39 Å². The molecule has 5 N–H and O–H groups in total. The van der Waals surface area contributed by atoms with E-state index in [4.69, 9.17) is 16.6 Å². The van der Waals surface area contributed by atoms with Crippen LogP contribution in [-0.2, 0) is 0 Å². The van der Waals surface area contributed by atoms with Gasteiger partial charge in [-0.25, -0.2) is 4.39 Å². The molecule has 4 unspecified atom stereocenters. The lowest BCUT2D eigenvalue weighted by atomic mass is 10.2. The van der Waals surface area contributed by atoms with Crippen LogP contribution in [0.3, 0.4) is 0 Å². The summed E-state index contributed by atoms with van der Waals surface area (Å²) in [6.07, 6.45) is -2.01. The van der Waals surface area contributed by atoms with Crippen LogP contribution in [0.4, 0.5) is 4.39 Å². The fourth-order valence-electron chi connectivity index (χ4n) is 1.07. The minimum Gasteiger partial charge on any atom is -0.388 e. The lowest BCUT2D eigenvalue weighted by Crippen LogP contribution is -2.35. The van der Waals surface area contributed by atoms with Crippen molar-refractivity contribution in [3.63, 3.8) is 0 Å². The molecule has 0 spiro atoms. The number of halogens is 1. The van der Waals surface area contributed by atoms with Crippen LogP contribution >= 0.6 is 0 Å². The first-order chi connectivity index (χ1) is 4.13. The first-order valence-corrected chi connectivity index (χ1v) is 2.96. The Hall–Kier alpha value is -0.190. The fourth-order valence-corrected chi connectivity index (χ4v) is 1.07. The van der Waals surface area contributed by atoms with Gasteiger partial charge in [0, 0.05) is 12.1 Å². The average molecular weight is 134 g/mol. The van der Waals surface area contributed by atoms with Gasteiger partial charge in [0.1, 0.15) is 12.3 Å². The molecule has 0 aromatic carbocycles. The second kappa shape index (κ2) is 2.21. The standard InChI is InChI=1S/C5H11FN2O/c6-4-2(7)1-3(8)5(4)9/h2-5,9H,1,7-8H2. The predicted molar refractivity (Wildman–Crippen MR) is 31.5 cm³/mol. The van der Waals surface area contributed by atoms with Gasteiger partial charge < -0.3 is 16.6 Å². The Morgan fingerprint density at radius 2 is 1.89 bits per heavy atom. The molecule has 0 bridgehead atoms. The number of rotatable bonds is 0. The maximum atomic E-state index is 12.5. The molecule has 0 aromatic rings. The van der Waals surface area contributed by atoms with Crippen LogP contribution in [0.5, 0.6) is 0 Å². The van der Waals surface area contributed by atoms with Gasteiger partial charge in [-0.1, -0.05) is 0 Å². The Labute approximate surface area is 52.8 Å². The van der Waals surface area contributed by atoms with Crippen molar-refractivity contribution in [2.45, 2.75) is 30.8 Å². The van der Waals surface area contributed by atoms with E-state index in [-0.39, 0.29) is 0 Å². The SMILES string of the molecule is NC1CC(N)C(F)C1O. The average Bonchev–Trinajstić information content (AvgIpc) is 1.98. The van der Waals surface area contributed by atoms with Crippen molar-refractivity contribution in [2.24, 2.45) is 11.5 Å². The summed E-state index contributed by atoms with van der Waals surface area (Å²) in [6.45, 7) is 0. The number of nitrogens with two attached hydrogens (primary N) is 2. The topological polar surface area (TPSA) is 72.3 Å². The molecular formula is C5H11FN2O. The maximum absolute atomic E-state index is 12.5. The van der Waals surface area contributed by atoms with E-state index in [0.717, 1.165) is 0 Å². The molecule has 1 aliphatic rings. The van der Waals surface area contributed by atoms with Gasteiger partial charge in [0.25, 0.3) is 0 Å². The monoisotopic (exact) mass is 134 g/mol. The van der Waals surface area contributed by atoms with Crippen LogP contribution in [0, 0.1) is 0 Å². The van der Waals surface area contributed by atoms with Gasteiger partial charge in [0.15, 0.2) is 0 Å². The van der Waals surface area contributed by atoms with E-state index in [0.29, 0.717) is 6.42 Å². The predicted octanol–water partition coefficient (Wildman–Crippen LogP) is -1.26. The zero-order chi connectivity index (χ0) is 7.02. The maximum Gasteiger partial charge on any atom is 0.142 e. The smallest absolute Gasteiger partial charge is 0.142 e. The quantitative estimate of drug-likeness (QED) is 0.387. The molecule has 1 rings (SSSR count). The lowest BCUT2D eigenvalue weighted by molar-refractivity contribution is 0.0867. The number of hydrogen-bond acceptors (Lipinski definition) is 3. The van der Waals surface area contributed by atoms with E-state index in [1.54, 1.807) is 0 Å². The Morgan fingerprint density at radius 3 is 2.00 bits per heavy atom. The van der Waals surface area contributed by atoms with Crippen molar-refractivity contribution >= 4 is 0 Å². The molecule has 9 heavy (non-hydrogen) atoms. The third-order valence-corrected chi connectivity index (χ3v) is 1.72. The largest absolute Gasteiger partial charge is 0.388 e. The van der Waals surface area contributed by atoms with Gasteiger partial charge in [0.05, 0.1) is 0 Å². The molecule has 4 atom stereocenters. The molecule has 0 aliphatic heterocycles. The first kappa shape index (κ1) is 6.92. The zero-order valence-electron chi connectivity index (χ0n) is 5.00. The van der Waals surface area contributed by atoms with Gasteiger partial charge in [-0.2, -0.15) is 0 Å². The van der Waals surface area contributed by atoms with Gasteiger partial charge in [-0.15, -0.1) is 0 Å². The Bertz CT molecular complexity index is 99.1. The van der Waals surface area contributed by atoms with Gasteiger partial charge in [0.2, 0.25) is 0 Å². The van der Waals surface area contributed by atoms with Crippen LogP contribution in [0.1, 0.15) is 6.42 Å². The van der Waals surface area contributed by atoms with Gasteiger partial charge in [-0.05, 0) is 6.42 Å². The lowest BCUT2D eigenvalue weighted by Gasteiger charge is -2.09. The van der Waals surface area contributed by atoms with Crippen LogP contribution in [0.15, 0.2) is 0 Å². The summed E-state index contributed by atoms with van der Waals surface area (Å²) < 4.78 is 12.5. The number of alkyl halides is 1. The summed E-state index contributed by atoms with van der Waals surface area (Å²) in [5, 5.41) is 8.86. The summed E-state index contributed by atoms with van der Waals surface area (Å²) in [7, 11) is 0. The summed E-state index contributed by atoms with van der Waals surface area (Å²) in [6, 6.07) is -1.05. The van der Waals surface area contributed by atoms with E-state index >= 15 is 0 Å². The molecule has 0 heterocycles. The molecule has 1 fully saturated rings. The Balaban J connectivity index is 2.54. The number of aliphatic hydroxyl groups excluding tert-OH is 1. The van der Waals surface area contributed by atoms with Crippen LogP contribution < -0.4 is 11.5 Å². The second-order valence-electron chi connectivity index (χ2n) is 2.50. The van der Waals surface area contributed by atoms with E-state index in [2.05, 4.69) is 0 Å². The van der Waals surface area contributed by atoms with Crippen LogP contribution in [0.2, 0.25) is 0 Å². The fraction of sp³-hybridized carbons (Fsp3) is 1.00. The zero-order valence-corrected chi connectivity index (χ0v) is 5.00. The van der Waals surface area contributed by atoms with Crippen molar-refractivity contribution in [3.05, 3.63) is 0 Å². The number of aliphatic hydroxyl groups is 1. The molecular weight excluding hydrogens is 123 g/mol. The summed E-state index contributed by atoms with van der Waals surface area (Å²) in [4.78, 5) is 0. The molecule has 3 nitrogen and oxygen atoms in total. The van der Waals surface area contributed by atoms with Gasteiger partial charge in [-0.3, -0.25) is 0 Å².